The molecule has 0 saturated heterocycles. The van der Waals surface area contributed by atoms with Gasteiger partial charge in [-0.1, -0.05) is 11.3 Å². The number of rotatable bonds is 2. The maximum Gasteiger partial charge on any atom is 0.267 e. The van der Waals surface area contributed by atoms with E-state index in [1.165, 1.54) is 22.7 Å². The summed E-state index contributed by atoms with van der Waals surface area (Å²) in [5, 5.41) is 11.6. The van der Waals surface area contributed by atoms with E-state index in [4.69, 9.17) is 5.73 Å². The third-order valence-electron chi connectivity index (χ3n) is 2.34. The van der Waals surface area contributed by atoms with Crippen LogP contribution >= 0.6 is 22.7 Å². The van der Waals surface area contributed by atoms with Gasteiger partial charge in [0.1, 0.15) is 5.51 Å². The van der Waals surface area contributed by atoms with Crippen molar-refractivity contribution in [3.8, 4) is 0 Å². The Morgan fingerprint density at radius 1 is 1.33 bits per heavy atom. The van der Waals surface area contributed by atoms with Gasteiger partial charge < -0.3 is 5.73 Å². The van der Waals surface area contributed by atoms with Crippen LogP contribution in [0.2, 0.25) is 0 Å². The minimum absolute atomic E-state index is 0.175. The lowest BCUT2D eigenvalue weighted by Gasteiger charge is -1.95. The fourth-order valence-electron chi connectivity index (χ4n) is 1.56. The highest BCUT2D eigenvalue weighted by atomic mass is 32.1. The number of nitrogens with two attached hydrogens (primary N) is 1. The highest BCUT2D eigenvalue weighted by Crippen LogP contribution is 2.27. The fourth-order valence-corrected chi connectivity index (χ4v) is 2.94. The van der Waals surface area contributed by atoms with Crippen molar-refractivity contribution >= 4 is 49.5 Å². The number of aromatic nitrogens is 2. The third kappa shape index (κ3) is 2.05. The van der Waals surface area contributed by atoms with E-state index in [2.05, 4.69) is 15.5 Å². The quantitative estimate of drug-likeness (QED) is 0.705. The lowest BCUT2D eigenvalue weighted by molar-refractivity contribution is 0.103. The summed E-state index contributed by atoms with van der Waals surface area (Å²) in [5.41, 5.74) is 7.97. The van der Waals surface area contributed by atoms with Crippen molar-refractivity contribution in [2.45, 2.75) is 0 Å². The molecule has 2 aromatic heterocycles. The van der Waals surface area contributed by atoms with Crippen molar-refractivity contribution in [1.82, 2.24) is 10.2 Å². The zero-order chi connectivity index (χ0) is 12.5. The number of benzene rings is 1. The lowest BCUT2D eigenvalue weighted by Crippen LogP contribution is -2.09. The van der Waals surface area contributed by atoms with Crippen molar-refractivity contribution in [2.24, 2.45) is 0 Å². The summed E-state index contributed by atoms with van der Waals surface area (Å²) in [4.78, 5) is 12.6. The minimum Gasteiger partial charge on any atom is -0.399 e. The molecule has 5 nitrogen and oxygen atoms in total. The van der Waals surface area contributed by atoms with Crippen LogP contribution in [0.15, 0.2) is 29.8 Å². The van der Waals surface area contributed by atoms with Crippen LogP contribution in [0, 0.1) is 0 Å². The first-order valence-electron chi connectivity index (χ1n) is 5.09. The topological polar surface area (TPSA) is 80.9 Å². The number of nitrogen functional groups attached to an aromatic ring is 1. The van der Waals surface area contributed by atoms with Gasteiger partial charge in [0.15, 0.2) is 0 Å². The van der Waals surface area contributed by atoms with Gasteiger partial charge in [0.05, 0.1) is 4.88 Å². The summed E-state index contributed by atoms with van der Waals surface area (Å²) in [7, 11) is 0. The zero-order valence-corrected chi connectivity index (χ0v) is 10.7. The van der Waals surface area contributed by atoms with E-state index >= 15 is 0 Å². The van der Waals surface area contributed by atoms with Gasteiger partial charge in [0, 0.05) is 10.4 Å². The molecule has 18 heavy (non-hydrogen) atoms. The zero-order valence-electron chi connectivity index (χ0n) is 9.08. The molecule has 0 aliphatic rings. The van der Waals surface area contributed by atoms with Crippen molar-refractivity contribution in [1.29, 1.82) is 0 Å². The van der Waals surface area contributed by atoms with E-state index in [9.17, 15) is 4.79 Å². The number of thiophene rings is 1. The Kier molecular flexibility index (Phi) is 2.69. The van der Waals surface area contributed by atoms with Crippen LogP contribution in [0.4, 0.5) is 10.8 Å². The molecule has 0 fully saturated rings. The van der Waals surface area contributed by atoms with Crippen LogP contribution < -0.4 is 11.1 Å². The standard InChI is InChI=1S/C11H8N4OS2/c12-7-1-2-8-6(3-7)4-9(18-8)10(16)14-11-15-13-5-17-11/h1-5H,12H2,(H,14,15,16). The molecule has 2 heterocycles. The molecule has 0 aliphatic heterocycles. The van der Waals surface area contributed by atoms with Gasteiger partial charge in [0.2, 0.25) is 5.13 Å². The Labute approximate surface area is 110 Å². The molecule has 1 aromatic carbocycles. The van der Waals surface area contributed by atoms with Gasteiger partial charge in [0.25, 0.3) is 5.91 Å². The maximum absolute atomic E-state index is 12.0. The molecule has 0 atom stereocenters. The maximum atomic E-state index is 12.0. The van der Waals surface area contributed by atoms with Gasteiger partial charge in [-0.15, -0.1) is 21.5 Å². The first-order valence-corrected chi connectivity index (χ1v) is 6.78. The molecule has 0 aliphatic carbocycles. The molecule has 90 valence electrons. The summed E-state index contributed by atoms with van der Waals surface area (Å²) in [6.07, 6.45) is 0. The van der Waals surface area contributed by atoms with Crippen molar-refractivity contribution in [3.63, 3.8) is 0 Å². The number of hydrogen-bond donors (Lipinski definition) is 2. The normalized spacial score (nSPS) is 10.7. The Bertz CT molecular complexity index is 705. The van der Waals surface area contributed by atoms with Crippen LogP contribution in [-0.4, -0.2) is 16.1 Å². The second-order valence-electron chi connectivity index (χ2n) is 3.61. The molecule has 0 bridgehead atoms. The van der Waals surface area contributed by atoms with Crippen LogP contribution in [-0.2, 0) is 0 Å². The van der Waals surface area contributed by atoms with Gasteiger partial charge in [-0.2, -0.15) is 0 Å². The van der Waals surface area contributed by atoms with Gasteiger partial charge in [-0.3, -0.25) is 10.1 Å². The van der Waals surface area contributed by atoms with Crippen molar-refractivity contribution in [3.05, 3.63) is 34.7 Å². The molecule has 3 N–H and O–H groups in total. The lowest BCUT2D eigenvalue weighted by atomic mass is 10.2. The van der Waals surface area contributed by atoms with E-state index in [-0.39, 0.29) is 5.91 Å². The van der Waals surface area contributed by atoms with Crippen LogP contribution in [0.25, 0.3) is 10.1 Å². The van der Waals surface area contributed by atoms with E-state index in [1.807, 2.05) is 24.3 Å². The highest BCUT2D eigenvalue weighted by Gasteiger charge is 2.11. The van der Waals surface area contributed by atoms with Crippen molar-refractivity contribution < 1.29 is 4.79 Å². The van der Waals surface area contributed by atoms with E-state index in [1.54, 1.807) is 5.51 Å². The number of nitrogens with zero attached hydrogens (tertiary/aromatic N) is 2. The smallest absolute Gasteiger partial charge is 0.267 e. The van der Waals surface area contributed by atoms with E-state index in [0.29, 0.717) is 15.7 Å². The number of amides is 1. The van der Waals surface area contributed by atoms with Gasteiger partial charge >= 0.3 is 0 Å². The molecular weight excluding hydrogens is 268 g/mol. The molecule has 3 rings (SSSR count). The number of carbonyl (C=O) groups is 1. The minimum atomic E-state index is -0.175. The summed E-state index contributed by atoms with van der Waals surface area (Å²) in [5.74, 6) is -0.175. The number of hydrogen-bond acceptors (Lipinski definition) is 6. The van der Waals surface area contributed by atoms with Gasteiger partial charge in [-0.25, -0.2) is 0 Å². The Morgan fingerprint density at radius 3 is 3.00 bits per heavy atom. The molecule has 0 saturated carbocycles. The Morgan fingerprint density at radius 2 is 2.22 bits per heavy atom. The van der Waals surface area contributed by atoms with Crippen LogP contribution in [0.3, 0.4) is 0 Å². The molecule has 1 amide bonds. The number of carbonyl (C=O) groups excluding carboxylic acids is 1. The molecule has 0 spiro atoms. The molecule has 7 heteroatoms. The summed E-state index contributed by atoms with van der Waals surface area (Å²) < 4.78 is 1.03. The summed E-state index contributed by atoms with van der Waals surface area (Å²) in [6, 6.07) is 7.42. The average molecular weight is 276 g/mol. The van der Waals surface area contributed by atoms with Crippen molar-refractivity contribution in [2.75, 3.05) is 11.1 Å². The number of fused-ring (bicyclic) bond motifs is 1. The second kappa shape index (κ2) is 4.35. The molecule has 0 unspecified atom stereocenters. The van der Waals surface area contributed by atoms with Crippen LogP contribution in [0.5, 0.6) is 0 Å². The number of anilines is 2. The second-order valence-corrected chi connectivity index (χ2v) is 5.52. The number of nitrogens with one attached hydrogen (secondary N) is 1. The predicted molar refractivity (Wildman–Crippen MR) is 74.1 cm³/mol. The Hall–Kier alpha value is -1.99. The predicted octanol–water partition coefficient (Wildman–Crippen LogP) is 2.59. The summed E-state index contributed by atoms with van der Waals surface area (Å²) in [6.45, 7) is 0. The monoisotopic (exact) mass is 276 g/mol. The van der Waals surface area contributed by atoms with E-state index < -0.39 is 0 Å². The average Bonchev–Trinajstić information content (AvgIpc) is 2.96. The SMILES string of the molecule is Nc1ccc2sc(C(=O)Nc3nncs3)cc2c1. The summed E-state index contributed by atoms with van der Waals surface area (Å²) >= 11 is 2.71. The first kappa shape index (κ1) is 11.1. The van der Waals surface area contributed by atoms with Crippen LogP contribution in [0.1, 0.15) is 9.67 Å². The molecular formula is C11H8N4OS2. The largest absolute Gasteiger partial charge is 0.399 e. The molecule has 3 aromatic rings. The van der Waals surface area contributed by atoms with Gasteiger partial charge in [-0.05, 0) is 29.7 Å². The highest BCUT2D eigenvalue weighted by molar-refractivity contribution is 7.21. The van der Waals surface area contributed by atoms with E-state index in [0.717, 1.165) is 10.1 Å². The molecule has 0 radical (unpaired) electrons. The Balaban J connectivity index is 1.92. The first-order chi connectivity index (χ1) is 8.72. The third-order valence-corrected chi connectivity index (χ3v) is 4.07. The fraction of sp³-hybridized carbons (Fsp3) is 0.